The molecule has 0 spiro atoms. The van der Waals surface area contributed by atoms with Gasteiger partial charge in [-0.3, -0.25) is 0 Å². The minimum Gasteiger partial charge on any atom is -0.464 e. The van der Waals surface area contributed by atoms with Crippen LogP contribution in [-0.2, 0) is 12.8 Å². The van der Waals surface area contributed by atoms with Crippen molar-refractivity contribution in [3.8, 4) is 0 Å². The van der Waals surface area contributed by atoms with Crippen LogP contribution in [0.25, 0.3) is 11.0 Å². The van der Waals surface area contributed by atoms with Crippen LogP contribution in [0, 0.1) is 5.92 Å². The molecular weight excluding hydrogens is 258 g/mol. The molecule has 0 unspecified atom stereocenters. The second-order valence-corrected chi connectivity index (χ2v) is 6.43. The van der Waals surface area contributed by atoms with Gasteiger partial charge in [-0.05, 0) is 74.8 Å². The van der Waals surface area contributed by atoms with Gasteiger partial charge in [0.05, 0.1) is 6.26 Å². The predicted molar refractivity (Wildman–Crippen MR) is 88.8 cm³/mol. The normalized spacial score (nSPS) is 17.6. The van der Waals surface area contributed by atoms with Crippen molar-refractivity contribution in [3.05, 3.63) is 35.6 Å². The molecule has 3 rings (SSSR count). The molecule has 0 atom stereocenters. The highest BCUT2D eigenvalue weighted by Crippen LogP contribution is 2.26. The molecule has 0 radical (unpaired) electrons. The van der Waals surface area contributed by atoms with Crippen molar-refractivity contribution in [2.24, 2.45) is 5.92 Å². The van der Waals surface area contributed by atoms with E-state index in [4.69, 9.17) is 4.42 Å². The number of hydrogen-bond acceptors (Lipinski definition) is 2. The number of fused-ring (bicyclic) bond motifs is 1. The van der Waals surface area contributed by atoms with Crippen LogP contribution in [0.15, 0.2) is 28.9 Å². The first kappa shape index (κ1) is 14.6. The summed E-state index contributed by atoms with van der Waals surface area (Å²) in [6, 6.07) is 6.81. The second-order valence-electron chi connectivity index (χ2n) is 6.43. The predicted octanol–water partition coefficient (Wildman–Crippen LogP) is 4.66. The highest BCUT2D eigenvalue weighted by molar-refractivity contribution is 5.81. The summed E-state index contributed by atoms with van der Waals surface area (Å²) in [5.74, 6) is 0.844. The summed E-state index contributed by atoms with van der Waals surface area (Å²) in [4.78, 5) is 2.61. The summed E-state index contributed by atoms with van der Waals surface area (Å²) < 4.78 is 5.71. The van der Waals surface area contributed by atoms with Crippen LogP contribution in [-0.4, -0.2) is 24.5 Å². The Kier molecular flexibility index (Phi) is 4.64. The molecule has 0 aliphatic carbocycles. The number of likely N-dealkylation sites (tertiary alicyclic amines) is 1. The standard InChI is InChI=1S/C19H27NO/c1-3-9-20-10-7-15(8-11-20)12-16-5-6-18-17(4-2)14-21-19(18)13-16/h5-6,13-15H,3-4,7-12H2,1-2H3. The van der Waals surface area contributed by atoms with Crippen molar-refractivity contribution in [2.45, 2.75) is 46.0 Å². The van der Waals surface area contributed by atoms with Crippen molar-refractivity contribution < 1.29 is 4.42 Å². The van der Waals surface area contributed by atoms with E-state index in [0.717, 1.165) is 17.9 Å². The summed E-state index contributed by atoms with van der Waals surface area (Å²) in [6.45, 7) is 8.28. The zero-order valence-corrected chi connectivity index (χ0v) is 13.4. The molecule has 0 amide bonds. The Morgan fingerprint density at radius 1 is 1.19 bits per heavy atom. The van der Waals surface area contributed by atoms with E-state index < -0.39 is 0 Å². The van der Waals surface area contributed by atoms with E-state index in [0.29, 0.717) is 0 Å². The maximum atomic E-state index is 5.71. The smallest absolute Gasteiger partial charge is 0.134 e. The van der Waals surface area contributed by atoms with Gasteiger partial charge >= 0.3 is 0 Å². The zero-order chi connectivity index (χ0) is 14.7. The average molecular weight is 285 g/mol. The maximum Gasteiger partial charge on any atom is 0.134 e. The Morgan fingerprint density at radius 3 is 2.71 bits per heavy atom. The van der Waals surface area contributed by atoms with Crippen LogP contribution < -0.4 is 0 Å². The van der Waals surface area contributed by atoms with Crippen LogP contribution in [0.5, 0.6) is 0 Å². The fraction of sp³-hybridized carbons (Fsp3) is 0.579. The van der Waals surface area contributed by atoms with Gasteiger partial charge in [0.2, 0.25) is 0 Å². The lowest BCUT2D eigenvalue weighted by atomic mass is 9.90. The number of piperidine rings is 1. The van der Waals surface area contributed by atoms with E-state index in [1.165, 1.54) is 61.8 Å². The monoisotopic (exact) mass is 285 g/mol. The van der Waals surface area contributed by atoms with E-state index in [2.05, 4.69) is 36.9 Å². The molecule has 2 heterocycles. The van der Waals surface area contributed by atoms with Crippen LogP contribution >= 0.6 is 0 Å². The Labute approximate surface area is 128 Å². The lowest BCUT2D eigenvalue weighted by molar-refractivity contribution is 0.184. The summed E-state index contributed by atoms with van der Waals surface area (Å²) in [7, 11) is 0. The lowest BCUT2D eigenvalue weighted by Gasteiger charge is -2.31. The van der Waals surface area contributed by atoms with Crippen molar-refractivity contribution in [2.75, 3.05) is 19.6 Å². The lowest BCUT2D eigenvalue weighted by Crippen LogP contribution is -2.34. The molecule has 1 aliphatic heterocycles. The van der Waals surface area contributed by atoms with E-state index in [1.807, 2.05) is 6.26 Å². The zero-order valence-electron chi connectivity index (χ0n) is 13.4. The van der Waals surface area contributed by atoms with Gasteiger partial charge in [0.15, 0.2) is 0 Å². The molecule has 1 aliphatic rings. The number of aryl methyl sites for hydroxylation is 1. The number of nitrogens with zero attached hydrogens (tertiary/aromatic N) is 1. The summed E-state index contributed by atoms with van der Waals surface area (Å²) in [6.07, 6.45) is 8.13. The van der Waals surface area contributed by atoms with Gasteiger partial charge in [-0.2, -0.15) is 0 Å². The number of rotatable bonds is 5. The first-order chi connectivity index (χ1) is 10.3. The van der Waals surface area contributed by atoms with E-state index in [-0.39, 0.29) is 0 Å². The molecule has 0 saturated carbocycles. The summed E-state index contributed by atoms with van der Waals surface area (Å²) >= 11 is 0. The van der Waals surface area contributed by atoms with Gasteiger partial charge in [-0.25, -0.2) is 0 Å². The van der Waals surface area contributed by atoms with Gasteiger partial charge in [0, 0.05) is 5.39 Å². The third-order valence-electron chi connectivity index (χ3n) is 4.87. The average Bonchev–Trinajstić information content (AvgIpc) is 2.92. The molecule has 2 heteroatoms. The minimum atomic E-state index is 0.844. The van der Waals surface area contributed by atoms with Gasteiger partial charge < -0.3 is 9.32 Å². The maximum absolute atomic E-state index is 5.71. The first-order valence-corrected chi connectivity index (χ1v) is 8.51. The van der Waals surface area contributed by atoms with Gasteiger partial charge in [0.25, 0.3) is 0 Å². The molecule has 0 N–H and O–H groups in total. The van der Waals surface area contributed by atoms with Crippen LogP contribution in [0.4, 0.5) is 0 Å². The van der Waals surface area contributed by atoms with Crippen LogP contribution in [0.2, 0.25) is 0 Å². The topological polar surface area (TPSA) is 16.4 Å². The second kappa shape index (κ2) is 6.65. The molecule has 2 nitrogen and oxygen atoms in total. The molecule has 1 fully saturated rings. The third-order valence-corrected chi connectivity index (χ3v) is 4.87. The van der Waals surface area contributed by atoms with E-state index >= 15 is 0 Å². The first-order valence-electron chi connectivity index (χ1n) is 8.51. The Balaban J connectivity index is 1.63. The van der Waals surface area contributed by atoms with Crippen molar-refractivity contribution in [1.29, 1.82) is 0 Å². The van der Waals surface area contributed by atoms with Crippen molar-refractivity contribution >= 4 is 11.0 Å². The Hall–Kier alpha value is -1.28. The van der Waals surface area contributed by atoms with E-state index in [9.17, 15) is 0 Å². The SMILES string of the molecule is CCCN1CCC(Cc2ccc3c(CC)coc3c2)CC1. The number of benzene rings is 1. The molecule has 114 valence electrons. The van der Waals surface area contributed by atoms with Crippen molar-refractivity contribution in [3.63, 3.8) is 0 Å². The molecule has 21 heavy (non-hydrogen) atoms. The molecule has 2 aromatic rings. The number of furan rings is 1. The molecular formula is C19H27NO. The Morgan fingerprint density at radius 2 is 2.00 bits per heavy atom. The largest absolute Gasteiger partial charge is 0.464 e. The van der Waals surface area contributed by atoms with Crippen LogP contribution in [0.1, 0.15) is 44.2 Å². The fourth-order valence-electron chi connectivity index (χ4n) is 3.59. The molecule has 1 aromatic carbocycles. The van der Waals surface area contributed by atoms with E-state index in [1.54, 1.807) is 0 Å². The van der Waals surface area contributed by atoms with Gasteiger partial charge in [0.1, 0.15) is 5.58 Å². The molecule has 1 saturated heterocycles. The minimum absolute atomic E-state index is 0.844. The number of hydrogen-bond donors (Lipinski definition) is 0. The van der Waals surface area contributed by atoms with Gasteiger partial charge in [-0.15, -0.1) is 0 Å². The quantitative estimate of drug-likeness (QED) is 0.794. The van der Waals surface area contributed by atoms with Crippen molar-refractivity contribution in [1.82, 2.24) is 4.90 Å². The third kappa shape index (κ3) is 3.32. The summed E-state index contributed by atoms with van der Waals surface area (Å²) in [5.41, 5.74) is 3.82. The molecule has 1 aromatic heterocycles. The van der Waals surface area contributed by atoms with Crippen LogP contribution in [0.3, 0.4) is 0 Å². The Bertz CT molecular complexity index is 578. The highest BCUT2D eigenvalue weighted by atomic mass is 16.3. The van der Waals surface area contributed by atoms with Gasteiger partial charge in [-0.1, -0.05) is 26.0 Å². The fourth-order valence-corrected chi connectivity index (χ4v) is 3.59. The highest BCUT2D eigenvalue weighted by Gasteiger charge is 2.19. The summed E-state index contributed by atoms with van der Waals surface area (Å²) in [5, 5.41) is 1.29. The molecule has 0 bridgehead atoms.